The zero-order valence-corrected chi connectivity index (χ0v) is 16.9. The highest BCUT2D eigenvalue weighted by Crippen LogP contribution is 2.25. The van der Waals surface area contributed by atoms with Crippen molar-refractivity contribution in [3.8, 4) is 17.1 Å². The van der Waals surface area contributed by atoms with E-state index in [1.165, 1.54) is 0 Å². The van der Waals surface area contributed by atoms with Crippen molar-refractivity contribution in [3.05, 3.63) is 64.5 Å². The van der Waals surface area contributed by atoms with E-state index in [1.54, 1.807) is 31.4 Å². The van der Waals surface area contributed by atoms with Crippen molar-refractivity contribution in [2.75, 3.05) is 7.11 Å². The predicted octanol–water partition coefficient (Wildman–Crippen LogP) is 4.63. The largest absolute Gasteiger partial charge is 0.497 e. The number of hydrogen-bond donors (Lipinski definition) is 1. The Hall–Kier alpha value is -2.67. The second-order valence-electron chi connectivity index (χ2n) is 6.39. The van der Waals surface area contributed by atoms with Crippen molar-refractivity contribution >= 4 is 21.8 Å². The molecule has 0 radical (unpaired) electrons. The van der Waals surface area contributed by atoms with E-state index in [4.69, 9.17) is 9.26 Å². The van der Waals surface area contributed by atoms with Gasteiger partial charge in [-0.05, 0) is 54.4 Å². The van der Waals surface area contributed by atoms with Gasteiger partial charge in [0.25, 0.3) is 5.91 Å². The first kappa shape index (κ1) is 19.1. The van der Waals surface area contributed by atoms with E-state index in [9.17, 15) is 4.79 Å². The molecule has 0 spiro atoms. The van der Waals surface area contributed by atoms with Crippen molar-refractivity contribution in [1.29, 1.82) is 0 Å². The molecule has 1 atom stereocenters. The molecule has 0 saturated heterocycles. The van der Waals surface area contributed by atoms with Gasteiger partial charge in [-0.2, -0.15) is 4.98 Å². The molecule has 3 rings (SSSR count). The summed E-state index contributed by atoms with van der Waals surface area (Å²) in [6.45, 7) is 3.98. The van der Waals surface area contributed by atoms with Crippen LogP contribution < -0.4 is 10.1 Å². The molecule has 1 heterocycles. The summed E-state index contributed by atoms with van der Waals surface area (Å²) in [6.07, 6.45) is 0. The molecule has 0 fully saturated rings. The molecule has 0 saturated carbocycles. The monoisotopic (exact) mass is 429 g/mol. The van der Waals surface area contributed by atoms with Gasteiger partial charge in [-0.15, -0.1) is 0 Å². The summed E-state index contributed by atoms with van der Waals surface area (Å²) in [4.78, 5) is 17.1. The smallest absolute Gasteiger partial charge is 0.251 e. The summed E-state index contributed by atoms with van der Waals surface area (Å²) in [6, 6.07) is 14.2. The van der Waals surface area contributed by atoms with Crippen LogP contribution >= 0.6 is 15.9 Å². The number of methoxy groups -OCH3 is 1. The van der Waals surface area contributed by atoms with E-state index >= 15 is 0 Å². The Balaban J connectivity index is 1.79. The summed E-state index contributed by atoms with van der Waals surface area (Å²) < 4.78 is 11.5. The quantitative estimate of drug-likeness (QED) is 0.617. The summed E-state index contributed by atoms with van der Waals surface area (Å²) >= 11 is 3.40. The van der Waals surface area contributed by atoms with Crippen molar-refractivity contribution < 1.29 is 14.1 Å². The minimum Gasteiger partial charge on any atom is -0.497 e. The first-order valence-electron chi connectivity index (χ1n) is 8.52. The minimum absolute atomic E-state index is 0.0745. The van der Waals surface area contributed by atoms with Crippen LogP contribution in [0.1, 0.15) is 36.1 Å². The maximum Gasteiger partial charge on any atom is 0.251 e. The van der Waals surface area contributed by atoms with Crippen LogP contribution in [0.3, 0.4) is 0 Å². The van der Waals surface area contributed by atoms with Gasteiger partial charge in [0.2, 0.25) is 11.7 Å². The molecule has 1 amide bonds. The van der Waals surface area contributed by atoms with E-state index in [0.717, 1.165) is 10.0 Å². The normalized spacial score (nSPS) is 12.0. The lowest BCUT2D eigenvalue weighted by Crippen LogP contribution is -2.32. The average molecular weight is 430 g/mol. The maximum absolute atomic E-state index is 12.6. The third kappa shape index (κ3) is 4.54. The number of nitrogens with one attached hydrogen (secondary N) is 1. The van der Waals surface area contributed by atoms with Crippen LogP contribution in [0.25, 0.3) is 11.4 Å². The molecule has 1 N–H and O–H groups in total. The third-order valence-corrected chi connectivity index (χ3v) is 4.64. The van der Waals surface area contributed by atoms with Gasteiger partial charge in [0.05, 0.1) is 7.11 Å². The number of carbonyl (C=O) groups is 1. The molecule has 6 nitrogen and oxygen atoms in total. The Morgan fingerprint density at radius 2 is 1.78 bits per heavy atom. The van der Waals surface area contributed by atoms with E-state index in [0.29, 0.717) is 23.0 Å². The number of halogens is 1. The standard InChI is InChI=1S/C20H20BrN3O3/c1-12(2)17(22-19(25)14-6-10-16(26-3)11-7-14)20-23-18(24-27-20)13-4-8-15(21)9-5-13/h4-12,17H,1-3H3,(H,22,25). The van der Waals surface area contributed by atoms with Crippen molar-refractivity contribution in [2.45, 2.75) is 19.9 Å². The number of carbonyl (C=O) groups excluding carboxylic acids is 1. The molecule has 1 unspecified atom stereocenters. The lowest BCUT2D eigenvalue weighted by atomic mass is 10.0. The Bertz CT molecular complexity index is 905. The number of aromatic nitrogens is 2. The number of rotatable bonds is 6. The summed E-state index contributed by atoms with van der Waals surface area (Å²) in [5.74, 6) is 1.43. The molecule has 27 heavy (non-hydrogen) atoms. The van der Waals surface area contributed by atoms with E-state index in [-0.39, 0.29) is 11.8 Å². The summed E-state index contributed by atoms with van der Waals surface area (Å²) in [5, 5.41) is 7.03. The van der Waals surface area contributed by atoms with Gasteiger partial charge in [-0.1, -0.05) is 34.9 Å². The van der Waals surface area contributed by atoms with Gasteiger partial charge >= 0.3 is 0 Å². The summed E-state index contributed by atoms with van der Waals surface area (Å²) in [7, 11) is 1.59. The van der Waals surface area contributed by atoms with E-state index in [1.807, 2.05) is 38.1 Å². The SMILES string of the molecule is COc1ccc(C(=O)NC(c2nc(-c3ccc(Br)cc3)no2)C(C)C)cc1. The molecule has 0 bridgehead atoms. The van der Waals surface area contributed by atoms with Crippen LogP contribution in [-0.2, 0) is 0 Å². The fourth-order valence-corrected chi connectivity index (χ4v) is 2.82. The van der Waals surface area contributed by atoms with Crippen LogP contribution in [0.5, 0.6) is 5.75 Å². The maximum atomic E-state index is 12.6. The van der Waals surface area contributed by atoms with Crippen molar-refractivity contribution in [1.82, 2.24) is 15.5 Å². The zero-order valence-electron chi connectivity index (χ0n) is 15.3. The van der Waals surface area contributed by atoms with Gasteiger partial charge < -0.3 is 14.6 Å². The second-order valence-corrected chi connectivity index (χ2v) is 7.30. The van der Waals surface area contributed by atoms with Crippen LogP contribution in [0.15, 0.2) is 57.5 Å². The number of benzene rings is 2. The topological polar surface area (TPSA) is 77.2 Å². The van der Waals surface area contributed by atoms with E-state index in [2.05, 4.69) is 31.4 Å². The highest BCUT2D eigenvalue weighted by molar-refractivity contribution is 9.10. The van der Waals surface area contributed by atoms with Crippen LogP contribution in [0.2, 0.25) is 0 Å². The summed E-state index contributed by atoms with van der Waals surface area (Å²) in [5.41, 5.74) is 1.38. The molecular weight excluding hydrogens is 410 g/mol. The van der Waals surface area contributed by atoms with Gasteiger partial charge in [0, 0.05) is 15.6 Å². The van der Waals surface area contributed by atoms with Gasteiger partial charge in [-0.25, -0.2) is 0 Å². The highest BCUT2D eigenvalue weighted by Gasteiger charge is 2.25. The van der Waals surface area contributed by atoms with Crippen molar-refractivity contribution in [2.24, 2.45) is 5.92 Å². The molecule has 0 aliphatic heterocycles. The average Bonchev–Trinajstić information content (AvgIpc) is 3.16. The zero-order chi connectivity index (χ0) is 19.4. The van der Waals surface area contributed by atoms with Gasteiger partial charge in [0.15, 0.2) is 0 Å². The van der Waals surface area contributed by atoms with Gasteiger partial charge in [-0.3, -0.25) is 4.79 Å². The van der Waals surface area contributed by atoms with Crippen LogP contribution in [0.4, 0.5) is 0 Å². The molecule has 140 valence electrons. The number of nitrogens with zero attached hydrogens (tertiary/aromatic N) is 2. The third-order valence-electron chi connectivity index (χ3n) is 4.12. The van der Waals surface area contributed by atoms with Crippen LogP contribution in [-0.4, -0.2) is 23.2 Å². The molecule has 0 aliphatic rings. The molecule has 1 aromatic heterocycles. The first-order valence-corrected chi connectivity index (χ1v) is 9.31. The molecule has 3 aromatic rings. The number of hydrogen-bond acceptors (Lipinski definition) is 5. The minimum atomic E-state index is -0.392. The number of ether oxygens (including phenoxy) is 1. The first-order chi connectivity index (χ1) is 13.0. The molecule has 2 aromatic carbocycles. The van der Waals surface area contributed by atoms with E-state index < -0.39 is 6.04 Å². The Morgan fingerprint density at radius 1 is 1.11 bits per heavy atom. The molecule has 0 aliphatic carbocycles. The fourth-order valence-electron chi connectivity index (χ4n) is 2.56. The predicted molar refractivity (Wildman–Crippen MR) is 105 cm³/mol. The molecule has 7 heteroatoms. The Labute approximate surface area is 166 Å². The Kier molecular flexibility index (Phi) is 5.91. The highest BCUT2D eigenvalue weighted by atomic mass is 79.9. The molecular formula is C20H20BrN3O3. The van der Waals surface area contributed by atoms with Crippen molar-refractivity contribution in [3.63, 3.8) is 0 Å². The Morgan fingerprint density at radius 3 is 2.37 bits per heavy atom. The lowest BCUT2D eigenvalue weighted by Gasteiger charge is -2.18. The second kappa shape index (κ2) is 8.35. The fraction of sp³-hybridized carbons (Fsp3) is 0.250. The van der Waals surface area contributed by atoms with Gasteiger partial charge in [0.1, 0.15) is 11.8 Å². The van der Waals surface area contributed by atoms with Crippen LogP contribution in [0, 0.1) is 5.92 Å². The number of amides is 1. The lowest BCUT2D eigenvalue weighted by molar-refractivity contribution is 0.0914.